The molecule has 0 aliphatic rings. The molecular weight excluding hydrogens is 853 g/mol. The van der Waals surface area contributed by atoms with Crippen LogP contribution < -0.4 is 0 Å². The Bertz CT molecular complexity index is 1510. The van der Waals surface area contributed by atoms with Gasteiger partial charge in [-0.2, -0.15) is 0 Å². The van der Waals surface area contributed by atoms with Crippen molar-refractivity contribution in [2.75, 3.05) is 13.2 Å². The Morgan fingerprint density at radius 1 is 0.304 bits per heavy atom. The van der Waals surface area contributed by atoms with Gasteiger partial charge < -0.3 is 14.2 Å². The van der Waals surface area contributed by atoms with Crippen molar-refractivity contribution in [3.05, 3.63) is 134 Å². The van der Waals surface area contributed by atoms with Gasteiger partial charge in [-0.25, -0.2) is 0 Å². The van der Waals surface area contributed by atoms with Crippen molar-refractivity contribution in [2.45, 2.75) is 232 Å². The summed E-state index contributed by atoms with van der Waals surface area (Å²) in [6.07, 6.45) is 78.6. The molecule has 0 heterocycles. The lowest BCUT2D eigenvalue weighted by atomic mass is 10.1. The first-order valence-electron chi connectivity index (χ1n) is 27.7. The van der Waals surface area contributed by atoms with Gasteiger partial charge in [-0.1, -0.05) is 206 Å². The summed E-state index contributed by atoms with van der Waals surface area (Å²) in [6.45, 7) is 6.32. The van der Waals surface area contributed by atoms with Gasteiger partial charge in [-0.15, -0.1) is 0 Å². The van der Waals surface area contributed by atoms with Gasteiger partial charge in [0.25, 0.3) is 0 Å². The SMILES string of the molecule is CC/C=C\C/C=C\C/C=C\C/C=C\C/C=C\CCCCCC(=O)OCC(COC(=O)CCCCCCC/C=C\CCCCCC)OC(=O)CCCCC/C=C\C/C=C\C/C=C\C/C=C\C/C=C\CC. The van der Waals surface area contributed by atoms with Gasteiger partial charge in [0.15, 0.2) is 6.10 Å². The second-order valence-electron chi connectivity index (χ2n) is 17.7. The number of hydrogen-bond donors (Lipinski definition) is 0. The van der Waals surface area contributed by atoms with E-state index in [1.807, 2.05) is 0 Å². The molecule has 0 radical (unpaired) electrons. The Kier molecular flexibility index (Phi) is 52.5. The number of hydrogen-bond acceptors (Lipinski definition) is 6. The highest BCUT2D eigenvalue weighted by atomic mass is 16.6. The van der Waals surface area contributed by atoms with Crippen molar-refractivity contribution < 1.29 is 28.6 Å². The fourth-order valence-electron chi connectivity index (χ4n) is 7.02. The molecule has 0 aromatic heterocycles. The van der Waals surface area contributed by atoms with Crippen molar-refractivity contribution in [2.24, 2.45) is 0 Å². The summed E-state index contributed by atoms with van der Waals surface area (Å²) in [5.41, 5.74) is 0. The van der Waals surface area contributed by atoms with Crippen LogP contribution in [-0.2, 0) is 28.6 Å². The number of rotatable bonds is 48. The van der Waals surface area contributed by atoms with Crippen LogP contribution in [0.25, 0.3) is 0 Å². The Morgan fingerprint density at radius 3 is 0.913 bits per heavy atom. The zero-order valence-corrected chi connectivity index (χ0v) is 44.3. The van der Waals surface area contributed by atoms with Crippen LogP contribution in [0.4, 0.5) is 0 Å². The fraction of sp³-hybridized carbons (Fsp3) is 0.603. The van der Waals surface area contributed by atoms with Crippen LogP contribution in [0, 0.1) is 0 Å². The normalized spacial score (nSPS) is 13.1. The van der Waals surface area contributed by atoms with Gasteiger partial charge in [0.2, 0.25) is 0 Å². The highest BCUT2D eigenvalue weighted by molar-refractivity contribution is 5.71. The van der Waals surface area contributed by atoms with Gasteiger partial charge in [0, 0.05) is 19.3 Å². The topological polar surface area (TPSA) is 78.9 Å². The molecular formula is C63H100O6. The maximum absolute atomic E-state index is 12.8. The summed E-state index contributed by atoms with van der Waals surface area (Å²) in [7, 11) is 0. The standard InChI is InChI=1S/C63H100O6/c1-4-7-10-13-16-19-22-25-27-29-31-33-35-38-41-44-47-50-53-56-62(65)68-59-60(58-67-61(64)55-52-49-46-43-40-37-24-21-18-15-12-9-6-3)69-63(66)57-54-51-48-45-42-39-36-34-32-30-28-26-23-20-17-14-11-8-5-2/h7-8,10-11,16-17,19-21,24-28,31-34,38-39,41-42,60H,4-6,9,12-15,18,22-23,29-30,35-37,40,43-59H2,1-3H3/b10-7-,11-8-,19-16-,20-17-,24-21-,27-25-,28-26-,33-31-,34-32-,41-38-,42-39-. The summed E-state index contributed by atoms with van der Waals surface area (Å²) >= 11 is 0. The van der Waals surface area contributed by atoms with Crippen LogP contribution in [0.15, 0.2) is 134 Å². The van der Waals surface area contributed by atoms with Gasteiger partial charge in [0.1, 0.15) is 13.2 Å². The number of ether oxygens (including phenoxy) is 3. The third-order valence-electron chi connectivity index (χ3n) is 11.1. The first-order valence-corrected chi connectivity index (χ1v) is 27.7. The van der Waals surface area contributed by atoms with E-state index in [2.05, 4.69) is 154 Å². The third-order valence-corrected chi connectivity index (χ3v) is 11.1. The number of carbonyl (C=O) groups is 3. The molecule has 0 spiro atoms. The second kappa shape index (κ2) is 56.1. The number of carbonyl (C=O) groups excluding carboxylic acids is 3. The summed E-state index contributed by atoms with van der Waals surface area (Å²) in [5.74, 6) is -0.992. The van der Waals surface area contributed by atoms with E-state index in [9.17, 15) is 14.4 Å². The lowest BCUT2D eigenvalue weighted by Gasteiger charge is -2.18. The zero-order chi connectivity index (χ0) is 50.0. The van der Waals surface area contributed by atoms with Crippen molar-refractivity contribution in [1.82, 2.24) is 0 Å². The van der Waals surface area contributed by atoms with Crippen molar-refractivity contribution in [3.63, 3.8) is 0 Å². The predicted octanol–water partition coefficient (Wildman–Crippen LogP) is 18.6. The van der Waals surface area contributed by atoms with E-state index in [4.69, 9.17) is 14.2 Å². The average Bonchev–Trinajstić information content (AvgIpc) is 3.35. The molecule has 0 saturated carbocycles. The fourth-order valence-corrected chi connectivity index (χ4v) is 7.02. The third kappa shape index (κ3) is 54.4. The van der Waals surface area contributed by atoms with Crippen LogP contribution in [0.2, 0.25) is 0 Å². The van der Waals surface area contributed by atoms with Crippen molar-refractivity contribution in [3.8, 4) is 0 Å². The average molecular weight is 953 g/mol. The van der Waals surface area contributed by atoms with E-state index < -0.39 is 6.10 Å². The Labute approximate surface area is 424 Å². The van der Waals surface area contributed by atoms with Crippen LogP contribution in [0.3, 0.4) is 0 Å². The molecule has 6 nitrogen and oxygen atoms in total. The Morgan fingerprint density at radius 2 is 0.565 bits per heavy atom. The van der Waals surface area contributed by atoms with E-state index in [1.165, 1.54) is 38.5 Å². The van der Waals surface area contributed by atoms with Crippen molar-refractivity contribution >= 4 is 17.9 Å². The largest absolute Gasteiger partial charge is 0.462 e. The van der Waals surface area contributed by atoms with Crippen LogP contribution in [0.5, 0.6) is 0 Å². The predicted molar refractivity (Wildman–Crippen MR) is 297 cm³/mol. The molecule has 0 fully saturated rings. The molecule has 1 unspecified atom stereocenters. The molecule has 0 saturated heterocycles. The molecule has 0 amide bonds. The Hall–Kier alpha value is -4.45. The number of unbranched alkanes of at least 4 members (excludes halogenated alkanes) is 15. The minimum atomic E-state index is -0.818. The molecule has 0 aromatic carbocycles. The molecule has 0 aromatic rings. The smallest absolute Gasteiger partial charge is 0.306 e. The molecule has 6 heteroatoms. The first-order chi connectivity index (χ1) is 34.0. The maximum Gasteiger partial charge on any atom is 0.306 e. The van der Waals surface area contributed by atoms with Crippen molar-refractivity contribution in [1.29, 1.82) is 0 Å². The highest BCUT2D eigenvalue weighted by Gasteiger charge is 2.19. The summed E-state index contributed by atoms with van der Waals surface area (Å²) < 4.78 is 16.8. The maximum atomic E-state index is 12.8. The summed E-state index contributed by atoms with van der Waals surface area (Å²) in [6, 6.07) is 0. The van der Waals surface area contributed by atoms with Crippen LogP contribution >= 0.6 is 0 Å². The quantitative estimate of drug-likeness (QED) is 0.0262. The lowest BCUT2D eigenvalue weighted by molar-refractivity contribution is -0.167. The minimum Gasteiger partial charge on any atom is -0.462 e. The van der Waals surface area contributed by atoms with Gasteiger partial charge in [-0.3, -0.25) is 14.4 Å². The molecule has 0 bridgehead atoms. The highest BCUT2D eigenvalue weighted by Crippen LogP contribution is 2.12. The monoisotopic (exact) mass is 953 g/mol. The molecule has 69 heavy (non-hydrogen) atoms. The molecule has 0 aliphatic carbocycles. The van der Waals surface area contributed by atoms with Gasteiger partial charge >= 0.3 is 17.9 Å². The summed E-state index contributed by atoms with van der Waals surface area (Å²) in [4.78, 5) is 38.1. The summed E-state index contributed by atoms with van der Waals surface area (Å²) in [5, 5.41) is 0. The van der Waals surface area contributed by atoms with Crippen LogP contribution in [0.1, 0.15) is 226 Å². The molecule has 1 atom stereocenters. The second-order valence-corrected chi connectivity index (χ2v) is 17.7. The molecule has 388 valence electrons. The Balaban J connectivity index is 4.54. The molecule has 0 aliphatic heterocycles. The van der Waals surface area contributed by atoms with Crippen LogP contribution in [-0.4, -0.2) is 37.2 Å². The number of esters is 3. The minimum absolute atomic E-state index is 0.111. The van der Waals surface area contributed by atoms with Gasteiger partial charge in [-0.05, 0) is 135 Å². The van der Waals surface area contributed by atoms with E-state index in [0.29, 0.717) is 19.3 Å². The zero-order valence-electron chi connectivity index (χ0n) is 44.3. The van der Waals surface area contributed by atoms with E-state index in [-0.39, 0.29) is 37.5 Å². The number of allylic oxidation sites excluding steroid dienone is 22. The first kappa shape index (κ1) is 64.5. The lowest BCUT2D eigenvalue weighted by Crippen LogP contribution is -2.30. The van der Waals surface area contributed by atoms with Gasteiger partial charge in [0.05, 0.1) is 0 Å². The molecule has 0 rings (SSSR count). The van der Waals surface area contributed by atoms with E-state index >= 15 is 0 Å². The van der Waals surface area contributed by atoms with E-state index in [1.54, 1.807) is 0 Å². The van der Waals surface area contributed by atoms with E-state index in [0.717, 1.165) is 141 Å². The molecule has 0 N–H and O–H groups in total.